The summed E-state index contributed by atoms with van der Waals surface area (Å²) in [5, 5.41) is 2.53. The van der Waals surface area contributed by atoms with Crippen LogP contribution in [-0.4, -0.2) is 37.0 Å². The van der Waals surface area contributed by atoms with Crippen molar-refractivity contribution in [3.8, 4) is 0 Å². The van der Waals surface area contributed by atoms with E-state index in [0.717, 1.165) is 22.4 Å². The van der Waals surface area contributed by atoms with Gasteiger partial charge in [-0.15, -0.1) is 0 Å². The summed E-state index contributed by atoms with van der Waals surface area (Å²) >= 11 is 0. The molecule has 0 saturated heterocycles. The average molecular weight is 429 g/mol. The second-order valence-electron chi connectivity index (χ2n) is 7.48. The molecule has 1 amide bonds. The lowest BCUT2D eigenvalue weighted by Crippen LogP contribution is -2.49. The van der Waals surface area contributed by atoms with Gasteiger partial charge in [0.25, 0.3) is 0 Å². The van der Waals surface area contributed by atoms with Crippen molar-refractivity contribution in [2.75, 3.05) is 7.05 Å². The quantitative estimate of drug-likeness (QED) is 0.577. The maximum absolute atomic E-state index is 12.8. The molecule has 0 aliphatic rings. The van der Waals surface area contributed by atoms with Crippen molar-refractivity contribution in [3.05, 3.63) is 59.9 Å². The molecule has 30 heavy (non-hydrogen) atoms. The van der Waals surface area contributed by atoms with E-state index in [4.69, 9.17) is 0 Å². The van der Waals surface area contributed by atoms with Crippen LogP contribution in [0.25, 0.3) is 11.0 Å². The maximum Gasteiger partial charge on any atom is 0.241 e. The molecule has 7 nitrogen and oxygen atoms in total. The number of aryl methyl sites for hydroxylation is 1. The van der Waals surface area contributed by atoms with Gasteiger partial charge in [-0.2, -0.15) is 4.72 Å². The monoisotopic (exact) mass is 428 g/mol. The molecule has 1 heterocycles. The van der Waals surface area contributed by atoms with Crippen molar-refractivity contribution in [1.82, 2.24) is 19.6 Å². The number of fused-ring (bicyclic) bond motifs is 1. The van der Waals surface area contributed by atoms with E-state index < -0.39 is 16.1 Å². The number of amides is 1. The van der Waals surface area contributed by atoms with Gasteiger partial charge in [0.05, 0.1) is 15.9 Å². The largest absolute Gasteiger partial charge is 0.358 e. The third-order valence-electron chi connectivity index (χ3n) is 5.44. The third-order valence-corrected chi connectivity index (χ3v) is 6.90. The molecule has 3 aromatic rings. The highest BCUT2D eigenvalue weighted by Gasteiger charge is 2.29. The Morgan fingerprint density at radius 2 is 1.80 bits per heavy atom. The van der Waals surface area contributed by atoms with Crippen LogP contribution in [-0.2, 0) is 21.4 Å². The summed E-state index contributed by atoms with van der Waals surface area (Å²) in [4.78, 5) is 16.8. The van der Waals surface area contributed by atoms with Gasteiger partial charge in [0.15, 0.2) is 0 Å². The van der Waals surface area contributed by atoms with E-state index in [1.54, 1.807) is 24.3 Å². The van der Waals surface area contributed by atoms with Gasteiger partial charge in [0, 0.05) is 13.6 Å². The Morgan fingerprint density at radius 3 is 2.43 bits per heavy atom. The molecular weight excluding hydrogens is 400 g/mol. The van der Waals surface area contributed by atoms with Gasteiger partial charge in [-0.1, -0.05) is 44.5 Å². The number of imidazole rings is 1. The summed E-state index contributed by atoms with van der Waals surface area (Å²) in [6.07, 6.45) is 0.678. The van der Waals surface area contributed by atoms with Crippen molar-refractivity contribution < 1.29 is 13.2 Å². The van der Waals surface area contributed by atoms with Crippen LogP contribution in [0, 0.1) is 12.8 Å². The second-order valence-corrected chi connectivity index (χ2v) is 9.19. The molecule has 0 fully saturated rings. The maximum atomic E-state index is 12.8. The Labute approximate surface area is 177 Å². The Morgan fingerprint density at radius 1 is 1.13 bits per heavy atom. The van der Waals surface area contributed by atoms with Gasteiger partial charge < -0.3 is 9.88 Å². The summed E-state index contributed by atoms with van der Waals surface area (Å²) in [5.41, 5.74) is 2.93. The van der Waals surface area contributed by atoms with E-state index >= 15 is 0 Å². The highest BCUT2D eigenvalue weighted by molar-refractivity contribution is 7.89. The van der Waals surface area contributed by atoms with Crippen LogP contribution < -0.4 is 10.0 Å². The van der Waals surface area contributed by atoms with Gasteiger partial charge in [0.2, 0.25) is 15.9 Å². The predicted octanol–water partition coefficient (Wildman–Crippen LogP) is 2.83. The molecule has 8 heteroatoms. The van der Waals surface area contributed by atoms with E-state index in [1.807, 2.05) is 45.0 Å². The summed E-state index contributed by atoms with van der Waals surface area (Å²) in [7, 11) is -2.32. The summed E-state index contributed by atoms with van der Waals surface area (Å²) in [6, 6.07) is 13.8. The SMILES string of the molecule is CC[C@H](C)[C@H](NS(=O)(=O)c1ccc(Cn2c(C)nc3ccccc32)cc1)C(=O)NC. The second kappa shape index (κ2) is 8.97. The molecule has 0 radical (unpaired) electrons. The minimum absolute atomic E-state index is 0.128. The fourth-order valence-corrected chi connectivity index (χ4v) is 4.71. The number of hydrogen-bond donors (Lipinski definition) is 2. The number of nitrogens with one attached hydrogen (secondary N) is 2. The normalized spacial score (nSPS) is 13.9. The van der Waals surface area contributed by atoms with Gasteiger partial charge in [-0.3, -0.25) is 4.79 Å². The van der Waals surface area contributed by atoms with Crippen molar-refractivity contribution in [2.24, 2.45) is 5.92 Å². The molecule has 2 N–H and O–H groups in total. The van der Waals surface area contributed by atoms with Crippen LogP contribution in [0.4, 0.5) is 0 Å². The van der Waals surface area contributed by atoms with Crippen LogP contribution in [0.15, 0.2) is 53.4 Å². The van der Waals surface area contributed by atoms with Crippen molar-refractivity contribution >= 4 is 27.0 Å². The summed E-state index contributed by atoms with van der Waals surface area (Å²) in [6.45, 7) is 6.32. The first-order chi connectivity index (χ1) is 14.3. The number of benzene rings is 2. The highest BCUT2D eigenvalue weighted by atomic mass is 32.2. The molecule has 0 aliphatic carbocycles. The molecule has 0 aliphatic heterocycles. The number of nitrogens with zero attached hydrogens (tertiary/aromatic N) is 2. The van der Waals surface area contributed by atoms with Crippen molar-refractivity contribution in [1.29, 1.82) is 0 Å². The molecule has 1 aromatic heterocycles. The smallest absolute Gasteiger partial charge is 0.241 e. The van der Waals surface area contributed by atoms with Gasteiger partial charge in [-0.05, 0) is 42.7 Å². The molecule has 3 rings (SSSR count). The standard InChI is InChI=1S/C22H28N4O3S/c1-5-15(2)21(22(27)23-4)25-30(28,29)18-12-10-17(11-13-18)14-26-16(3)24-19-8-6-7-9-20(19)26/h6-13,15,21,25H,5,14H2,1-4H3,(H,23,27)/t15-,21-/m0/s1. The number of para-hydroxylation sites is 2. The third kappa shape index (κ3) is 4.55. The van der Waals surface area contributed by atoms with Crippen LogP contribution in [0.5, 0.6) is 0 Å². The summed E-state index contributed by atoms with van der Waals surface area (Å²) in [5.74, 6) is 0.431. The summed E-state index contributed by atoms with van der Waals surface area (Å²) < 4.78 is 30.3. The lowest BCUT2D eigenvalue weighted by atomic mass is 10.00. The molecule has 2 atom stereocenters. The molecule has 0 spiro atoms. The van der Waals surface area contributed by atoms with Crippen molar-refractivity contribution in [3.63, 3.8) is 0 Å². The van der Waals surface area contributed by atoms with Gasteiger partial charge in [0.1, 0.15) is 11.9 Å². The van der Waals surface area contributed by atoms with Gasteiger partial charge in [-0.25, -0.2) is 13.4 Å². The fraction of sp³-hybridized carbons (Fsp3) is 0.364. The zero-order valence-corrected chi connectivity index (χ0v) is 18.5. The molecule has 2 aromatic carbocycles. The number of carbonyl (C=O) groups is 1. The highest BCUT2D eigenvalue weighted by Crippen LogP contribution is 2.19. The van der Waals surface area contributed by atoms with Gasteiger partial charge >= 0.3 is 0 Å². The Kier molecular flexibility index (Phi) is 6.58. The topological polar surface area (TPSA) is 93.1 Å². The van der Waals surface area contributed by atoms with E-state index in [0.29, 0.717) is 13.0 Å². The molecule has 0 unspecified atom stereocenters. The number of aromatic nitrogens is 2. The zero-order chi connectivity index (χ0) is 21.9. The van der Waals surface area contributed by atoms with E-state index in [1.165, 1.54) is 7.05 Å². The zero-order valence-electron chi connectivity index (χ0n) is 17.7. The lowest BCUT2D eigenvalue weighted by molar-refractivity contribution is -0.123. The fourth-order valence-electron chi connectivity index (χ4n) is 3.41. The minimum atomic E-state index is -3.82. The number of hydrogen-bond acceptors (Lipinski definition) is 4. The molecular formula is C22H28N4O3S. The van der Waals surface area contributed by atoms with E-state index in [9.17, 15) is 13.2 Å². The van der Waals surface area contributed by atoms with Crippen LogP contribution in [0.1, 0.15) is 31.7 Å². The lowest BCUT2D eigenvalue weighted by Gasteiger charge is -2.22. The Balaban J connectivity index is 1.82. The Hall–Kier alpha value is -2.71. The number of carbonyl (C=O) groups excluding carboxylic acids is 1. The van der Waals surface area contributed by atoms with E-state index in [-0.39, 0.29) is 16.7 Å². The molecule has 160 valence electrons. The van der Waals surface area contributed by atoms with Crippen LogP contribution in [0.3, 0.4) is 0 Å². The average Bonchev–Trinajstić information content (AvgIpc) is 3.06. The minimum Gasteiger partial charge on any atom is -0.358 e. The first-order valence-electron chi connectivity index (χ1n) is 10.0. The number of sulfonamides is 1. The first kappa shape index (κ1) is 22.0. The predicted molar refractivity (Wildman–Crippen MR) is 118 cm³/mol. The number of likely N-dealkylation sites (N-methyl/N-ethyl adjacent to an activating group) is 1. The van der Waals surface area contributed by atoms with Crippen LogP contribution >= 0.6 is 0 Å². The molecule has 0 bridgehead atoms. The number of rotatable bonds is 8. The Bertz CT molecular complexity index is 1140. The van der Waals surface area contributed by atoms with Crippen LogP contribution in [0.2, 0.25) is 0 Å². The first-order valence-corrected chi connectivity index (χ1v) is 11.5. The van der Waals surface area contributed by atoms with Crippen molar-refractivity contribution in [2.45, 2.75) is 44.7 Å². The molecule has 0 saturated carbocycles. The van der Waals surface area contributed by atoms with E-state index in [2.05, 4.69) is 19.6 Å².